The second kappa shape index (κ2) is 8.70. The van der Waals surface area contributed by atoms with E-state index in [-0.39, 0.29) is 17.9 Å². The monoisotopic (exact) mass is 363 g/mol. The van der Waals surface area contributed by atoms with Crippen molar-refractivity contribution in [3.05, 3.63) is 60.2 Å². The van der Waals surface area contributed by atoms with Crippen molar-refractivity contribution in [1.82, 2.24) is 9.80 Å². The summed E-state index contributed by atoms with van der Waals surface area (Å²) in [5, 5.41) is 9.37. The van der Waals surface area contributed by atoms with Crippen LogP contribution in [-0.4, -0.2) is 47.9 Å². The van der Waals surface area contributed by atoms with Crippen molar-refractivity contribution in [2.45, 2.75) is 19.9 Å². The highest BCUT2D eigenvalue weighted by molar-refractivity contribution is 5.94. The Balaban J connectivity index is 1.63. The van der Waals surface area contributed by atoms with E-state index in [0.717, 1.165) is 18.8 Å². The first-order valence-electron chi connectivity index (χ1n) is 9.34. The molecule has 140 valence electrons. The zero-order chi connectivity index (χ0) is 19.2. The third-order valence-electron chi connectivity index (χ3n) is 4.82. The van der Waals surface area contributed by atoms with Crippen molar-refractivity contribution in [1.29, 1.82) is 5.26 Å². The Kier molecular flexibility index (Phi) is 6.10. The number of nitriles is 1. The lowest BCUT2D eigenvalue weighted by atomic mass is 10.0. The second-order valence-electron chi connectivity index (χ2n) is 7.09. The average Bonchev–Trinajstić information content (AvgIpc) is 2.69. The Hall–Kier alpha value is -2.84. The van der Waals surface area contributed by atoms with Crippen LogP contribution >= 0.6 is 0 Å². The van der Waals surface area contributed by atoms with Crippen LogP contribution in [0, 0.1) is 17.2 Å². The van der Waals surface area contributed by atoms with Crippen molar-refractivity contribution in [2.24, 2.45) is 5.92 Å². The maximum absolute atomic E-state index is 12.9. The zero-order valence-electron chi connectivity index (χ0n) is 15.8. The van der Waals surface area contributed by atoms with Gasteiger partial charge in [-0.15, -0.1) is 0 Å². The molecule has 2 aromatic rings. The molecular weight excluding hydrogens is 338 g/mol. The molecule has 1 aliphatic heterocycles. The summed E-state index contributed by atoms with van der Waals surface area (Å²) in [5.41, 5.74) is 0.623. The Labute approximate surface area is 160 Å². The first kappa shape index (κ1) is 18.9. The maximum Gasteiger partial charge on any atom is 0.254 e. The minimum absolute atomic E-state index is 0.00576. The topological polar surface area (TPSA) is 56.6 Å². The fraction of sp³-hybridized carbons (Fsp3) is 0.364. The standard InChI is InChI=1S/C22H25N3O2/c1-17(2)21(16-23)24-11-13-25(14-12-24)22(26)18-7-6-10-20(15-18)27-19-8-4-3-5-9-19/h3-10,15,17,21H,11-14H2,1-2H3. The molecule has 2 aromatic carbocycles. The Morgan fingerprint density at radius 3 is 2.30 bits per heavy atom. The number of carbonyl (C=O) groups is 1. The van der Waals surface area contributed by atoms with Crippen LogP contribution in [0.4, 0.5) is 0 Å². The minimum Gasteiger partial charge on any atom is -0.457 e. The van der Waals surface area contributed by atoms with Crippen molar-refractivity contribution < 1.29 is 9.53 Å². The zero-order valence-corrected chi connectivity index (χ0v) is 15.8. The van der Waals surface area contributed by atoms with Crippen molar-refractivity contribution in [3.8, 4) is 17.6 Å². The van der Waals surface area contributed by atoms with Gasteiger partial charge in [0, 0.05) is 31.7 Å². The molecule has 1 atom stereocenters. The van der Waals surface area contributed by atoms with Gasteiger partial charge in [0.2, 0.25) is 0 Å². The van der Waals surface area contributed by atoms with Crippen LogP contribution < -0.4 is 4.74 Å². The molecule has 0 spiro atoms. The molecule has 1 fully saturated rings. The van der Waals surface area contributed by atoms with Crippen LogP contribution in [-0.2, 0) is 0 Å². The van der Waals surface area contributed by atoms with E-state index in [9.17, 15) is 10.1 Å². The molecule has 5 heteroatoms. The van der Waals surface area contributed by atoms with E-state index < -0.39 is 0 Å². The molecule has 0 aliphatic carbocycles. The lowest BCUT2D eigenvalue weighted by Gasteiger charge is -2.38. The number of amides is 1. The van der Waals surface area contributed by atoms with Crippen LogP contribution in [0.2, 0.25) is 0 Å². The number of hydrogen-bond acceptors (Lipinski definition) is 4. The van der Waals surface area contributed by atoms with E-state index in [2.05, 4.69) is 24.8 Å². The summed E-state index contributed by atoms with van der Waals surface area (Å²) in [4.78, 5) is 16.9. The highest BCUT2D eigenvalue weighted by Gasteiger charge is 2.28. The molecule has 1 aliphatic rings. The third kappa shape index (κ3) is 4.66. The van der Waals surface area contributed by atoms with Gasteiger partial charge in [0.15, 0.2) is 0 Å². The number of carbonyl (C=O) groups excluding carboxylic acids is 1. The fourth-order valence-corrected chi connectivity index (χ4v) is 3.36. The summed E-state index contributed by atoms with van der Waals surface area (Å²) in [7, 11) is 0. The number of ether oxygens (including phenoxy) is 1. The molecule has 1 amide bonds. The molecule has 0 aromatic heterocycles. The SMILES string of the molecule is CC(C)C(C#N)N1CCN(C(=O)c2cccc(Oc3ccccc3)c2)CC1. The molecule has 0 N–H and O–H groups in total. The van der Waals surface area contributed by atoms with Crippen molar-refractivity contribution in [3.63, 3.8) is 0 Å². The predicted molar refractivity (Wildman–Crippen MR) is 105 cm³/mol. The quantitative estimate of drug-likeness (QED) is 0.811. The number of piperazine rings is 1. The molecular formula is C22H25N3O2. The maximum atomic E-state index is 12.9. The summed E-state index contributed by atoms with van der Waals surface area (Å²) in [6.45, 7) is 6.83. The molecule has 3 rings (SSSR count). The van der Waals surface area contributed by atoms with Gasteiger partial charge >= 0.3 is 0 Å². The van der Waals surface area contributed by atoms with Crippen LogP contribution in [0.5, 0.6) is 11.5 Å². The molecule has 0 saturated carbocycles. The number of nitrogens with zero attached hydrogens (tertiary/aromatic N) is 3. The first-order valence-corrected chi connectivity index (χ1v) is 9.34. The van der Waals surface area contributed by atoms with E-state index in [1.165, 1.54) is 0 Å². The van der Waals surface area contributed by atoms with E-state index in [0.29, 0.717) is 24.4 Å². The van der Waals surface area contributed by atoms with E-state index in [1.54, 1.807) is 6.07 Å². The lowest BCUT2D eigenvalue weighted by molar-refractivity contribution is 0.0576. The van der Waals surface area contributed by atoms with Gasteiger partial charge in [-0.2, -0.15) is 5.26 Å². The van der Waals surface area contributed by atoms with Gasteiger partial charge in [0.05, 0.1) is 6.07 Å². The normalized spacial score (nSPS) is 16.0. The largest absolute Gasteiger partial charge is 0.457 e. The van der Waals surface area contributed by atoms with Crippen molar-refractivity contribution >= 4 is 5.91 Å². The second-order valence-corrected chi connectivity index (χ2v) is 7.09. The summed E-state index contributed by atoms with van der Waals surface area (Å²) in [6, 6.07) is 19.1. The third-order valence-corrected chi connectivity index (χ3v) is 4.82. The highest BCUT2D eigenvalue weighted by Crippen LogP contribution is 2.23. The highest BCUT2D eigenvalue weighted by atomic mass is 16.5. The van der Waals surface area contributed by atoms with E-state index >= 15 is 0 Å². The predicted octanol–water partition coefficient (Wildman–Crippen LogP) is 3.78. The van der Waals surface area contributed by atoms with Crippen molar-refractivity contribution in [2.75, 3.05) is 26.2 Å². The summed E-state index contributed by atoms with van der Waals surface area (Å²) < 4.78 is 5.83. The molecule has 1 heterocycles. The number of hydrogen-bond donors (Lipinski definition) is 0. The number of rotatable bonds is 5. The molecule has 1 unspecified atom stereocenters. The van der Waals surface area contributed by atoms with Crippen LogP contribution in [0.15, 0.2) is 54.6 Å². The number of para-hydroxylation sites is 1. The van der Waals surface area contributed by atoms with Gasteiger partial charge < -0.3 is 9.64 Å². The van der Waals surface area contributed by atoms with Gasteiger partial charge in [-0.3, -0.25) is 9.69 Å². The Morgan fingerprint density at radius 1 is 1.00 bits per heavy atom. The number of benzene rings is 2. The minimum atomic E-state index is -0.0927. The fourth-order valence-electron chi connectivity index (χ4n) is 3.36. The van der Waals surface area contributed by atoms with E-state index in [4.69, 9.17) is 4.74 Å². The molecule has 0 radical (unpaired) electrons. The van der Waals surface area contributed by atoms with Crippen LogP contribution in [0.3, 0.4) is 0 Å². The smallest absolute Gasteiger partial charge is 0.254 e. The Morgan fingerprint density at radius 2 is 1.67 bits per heavy atom. The van der Waals surface area contributed by atoms with E-state index in [1.807, 2.05) is 53.4 Å². The summed E-state index contributed by atoms with van der Waals surface area (Å²) >= 11 is 0. The van der Waals surface area contributed by atoms with Gasteiger partial charge in [-0.1, -0.05) is 38.1 Å². The van der Waals surface area contributed by atoms with Gasteiger partial charge in [-0.25, -0.2) is 0 Å². The lowest BCUT2D eigenvalue weighted by Crippen LogP contribution is -2.52. The van der Waals surface area contributed by atoms with Crippen LogP contribution in [0.25, 0.3) is 0 Å². The summed E-state index contributed by atoms with van der Waals surface area (Å²) in [5.74, 6) is 1.68. The van der Waals surface area contributed by atoms with Gasteiger partial charge in [-0.05, 0) is 36.2 Å². The van der Waals surface area contributed by atoms with Gasteiger partial charge in [0.25, 0.3) is 5.91 Å². The van der Waals surface area contributed by atoms with Gasteiger partial charge in [0.1, 0.15) is 17.5 Å². The Bertz CT molecular complexity index is 806. The first-order chi connectivity index (χ1) is 13.1. The molecule has 5 nitrogen and oxygen atoms in total. The van der Waals surface area contributed by atoms with Crippen LogP contribution in [0.1, 0.15) is 24.2 Å². The average molecular weight is 363 g/mol. The summed E-state index contributed by atoms with van der Waals surface area (Å²) in [6.07, 6.45) is 0. The molecule has 1 saturated heterocycles. The molecule has 27 heavy (non-hydrogen) atoms. The molecule has 0 bridgehead atoms.